The van der Waals surface area contributed by atoms with E-state index in [0.717, 1.165) is 16.8 Å². The minimum atomic E-state index is -3.97. The molecule has 3 rings (SSSR count). The number of methoxy groups -OCH3 is 1. The van der Waals surface area contributed by atoms with E-state index >= 15 is 0 Å². The number of esters is 1. The number of carbonyl (C=O) groups is 1. The summed E-state index contributed by atoms with van der Waals surface area (Å²) in [6.07, 6.45) is 0. The second-order valence-corrected chi connectivity index (χ2v) is 8.32. The zero-order valence-electron chi connectivity index (χ0n) is 16.4. The van der Waals surface area contributed by atoms with Crippen molar-refractivity contribution in [3.05, 3.63) is 83.4 Å². The zero-order chi connectivity index (χ0) is 21.0. The van der Waals surface area contributed by atoms with E-state index in [9.17, 15) is 13.2 Å². The van der Waals surface area contributed by atoms with Crippen molar-refractivity contribution in [3.8, 4) is 0 Å². The minimum Gasteiger partial charge on any atom is -0.465 e. The van der Waals surface area contributed by atoms with Crippen LogP contribution in [0.4, 0.5) is 17.1 Å². The topological polar surface area (TPSA) is 84.5 Å². The average molecular weight is 410 g/mol. The summed E-state index contributed by atoms with van der Waals surface area (Å²) in [6, 6.07) is 18.9. The maximum atomic E-state index is 13.1. The summed E-state index contributed by atoms with van der Waals surface area (Å²) < 4.78 is 33.5. The number of carbonyl (C=O) groups excluding carboxylic acids is 1. The van der Waals surface area contributed by atoms with Crippen molar-refractivity contribution in [1.82, 2.24) is 0 Å². The molecular weight excluding hydrogens is 388 g/mol. The van der Waals surface area contributed by atoms with E-state index in [-0.39, 0.29) is 10.5 Å². The highest BCUT2D eigenvalue weighted by atomic mass is 32.2. The molecule has 2 N–H and O–H groups in total. The number of benzene rings is 3. The molecule has 0 aromatic heterocycles. The van der Waals surface area contributed by atoms with Crippen molar-refractivity contribution in [2.75, 3.05) is 17.1 Å². The van der Waals surface area contributed by atoms with E-state index in [4.69, 9.17) is 4.74 Å². The van der Waals surface area contributed by atoms with Crippen LogP contribution in [0.5, 0.6) is 0 Å². The van der Waals surface area contributed by atoms with E-state index in [1.54, 1.807) is 18.2 Å². The van der Waals surface area contributed by atoms with Crippen molar-refractivity contribution in [2.45, 2.75) is 18.7 Å². The first-order valence-corrected chi connectivity index (χ1v) is 10.4. The van der Waals surface area contributed by atoms with E-state index < -0.39 is 16.0 Å². The molecule has 3 aromatic carbocycles. The average Bonchev–Trinajstić information content (AvgIpc) is 2.71. The van der Waals surface area contributed by atoms with Crippen LogP contribution >= 0.6 is 0 Å². The van der Waals surface area contributed by atoms with Crippen LogP contribution in [0.15, 0.2) is 71.6 Å². The van der Waals surface area contributed by atoms with E-state index in [1.807, 2.05) is 50.2 Å². The van der Waals surface area contributed by atoms with Crippen LogP contribution in [0, 0.1) is 13.8 Å². The molecule has 0 atom stereocenters. The summed E-state index contributed by atoms with van der Waals surface area (Å²) >= 11 is 0. The second kappa shape index (κ2) is 8.36. The fourth-order valence-electron chi connectivity index (χ4n) is 2.72. The van der Waals surface area contributed by atoms with Gasteiger partial charge in [-0.1, -0.05) is 35.4 Å². The quantitative estimate of drug-likeness (QED) is 0.579. The standard InChI is InChI=1S/C22H22N2O4S/c1-15-4-9-18(10-5-15)23-20-13-8-17(22(25)28-3)14-21(20)29(26,27)24-19-11-6-16(2)7-12-19/h4-14,23-24H,1-3H3. The second-order valence-electron chi connectivity index (χ2n) is 6.67. The molecule has 0 aliphatic rings. The van der Waals surface area contributed by atoms with Gasteiger partial charge in [0.25, 0.3) is 10.0 Å². The lowest BCUT2D eigenvalue weighted by atomic mass is 10.2. The molecule has 0 bridgehead atoms. The van der Waals surface area contributed by atoms with E-state index in [2.05, 4.69) is 10.0 Å². The number of rotatable bonds is 6. The third kappa shape index (κ3) is 4.94. The van der Waals surface area contributed by atoms with E-state index in [0.29, 0.717) is 11.4 Å². The summed E-state index contributed by atoms with van der Waals surface area (Å²) in [6.45, 7) is 3.89. The maximum Gasteiger partial charge on any atom is 0.337 e. The number of ether oxygens (including phenoxy) is 1. The molecule has 6 nitrogen and oxygen atoms in total. The third-order valence-electron chi connectivity index (χ3n) is 4.33. The molecule has 29 heavy (non-hydrogen) atoms. The normalized spacial score (nSPS) is 11.0. The first-order chi connectivity index (χ1) is 13.8. The van der Waals surface area contributed by atoms with Crippen LogP contribution < -0.4 is 10.0 Å². The molecule has 0 heterocycles. The van der Waals surface area contributed by atoms with Crippen molar-refractivity contribution in [3.63, 3.8) is 0 Å². The summed E-state index contributed by atoms with van der Waals surface area (Å²) in [7, 11) is -2.72. The summed E-state index contributed by atoms with van der Waals surface area (Å²) in [5.41, 5.74) is 3.76. The van der Waals surface area contributed by atoms with Gasteiger partial charge in [-0.25, -0.2) is 13.2 Å². The maximum absolute atomic E-state index is 13.1. The molecule has 0 amide bonds. The SMILES string of the molecule is COC(=O)c1ccc(Nc2ccc(C)cc2)c(S(=O)(=O)Nc2ccc(C)cc2)c1. The lowest BCUT2D eigenvalue weighted by Gasteiger charge is -2.15. The molecule has 0 saturated carbocycles. The lowest BCUT2D eigenvalue weighted by Crippen LogP contribution is -2.16. The molecule has 0 fully saturated rings. The zero-order valence-corrected chi connectivity index (χ0v) is 17.2. The monoisotopic (exact) mass is 410 g/mol. The van der Waals surface area contributed by atoms with E-state index in [1.165, 1.54) is 19.2 Å². The highest BCUT2D eigenvalue weighted by molar-refractivity contribution is 7.92. The molecule has 0 radical (unpaired) electrons. The molecular formula is C22H22N2O4S. The molecule has 3 aromatic rings. The highest BCUT2D eigenvalue weighted by Crippen LogP contribution is 2.28. The van der Waals surface area contributed by atoms with Crippen LogP contribution in [-0.4, -0.2) is 21.5 Å². The van der Waals surface area contributed by atoms with Crippen molar-refractivity contribution >= 4 is 33.1 Å². The van der Waals surface area contributed by atoms with Gasteiger partial charge in [-0.05, 0) is 56.3 Å². The highest BCUT2D eigenvalue weighted by Gasteiger charge is 2.22. The Balaban J connectivity index is 2.03. The first-order valence-electron chi connectivity index (χ1n) is 8.94. The Bertz CT molecular complexity index is 1120. The molecule has 0 aliphatic carbocycles. The van der Waals surface area contributed by atoms with Crippen LogP contribution in [0.2, 0.25) is 0 Å². The predicted molar refractivity (Wildman–Crippen MR) is 114 cm³/mol. The number of aryl methyl sites for hydroxylation is 2. The molecule has 150 valence electrons. The molecule has 0 unspecified atom stereocenters. The van der Waals surface area contributed by atoms with Crippen LogP contribution in [0.3, 0.4) is 0 Å². The molecule has 0 spiro atoms. The first kappa shape index (κ1) is 20.4. The Kier molecular flexibility index (Phi) is 5.89. The lowest BCUT2D eigenvalue weighted by molar-refractivity contribution is 0.0600. The van der Waals surface area contributed by atoms with Gasteiger partial charge in [-0.2, -0.15) is 0 Å². The Labute approximate surface area is 170 Å². The number of hydrogen-bond acceptors (Lipinski definition) is 5. The van der Waals surface area contributed by atoms with Crippen molar-refractivity contribution < 1.29 is 17.9 Å². The Morgan fingerprint density at radius 1 is 0.828 bits per heavy atom. The number of anilines is 3. The van der Waals surface area contributed by atoms with Gasteiger partial charge in [0.15, 0.2) is 0 Å². The van der Waals surface area contributed by atoms with Gasteiger partial charge in [-0.15, -0.1) is 0 Å². The van der Waals surface area contributed by atoms with Gasteiger partial charge >= 0.3 is 5.97 Å². The van der Waals surface area contributed by atoms with Crippen molar-refractivity contribution in [1.29, 1.82) is 0 Å². The van der Waals surface area contributed by atoms with Crippen LogP contribution in [-0.2, 0) is 14.8 Å². The van der Waals surface area contributed by atoms with Gasteiger partial charge in [0.05, 0.1) is 18.4 Å². The minimum absolute atomic E-state index is 0.0541. The van der Waals surface area contributed by atoms with Gasteiger partial charge in [0.1, 0.15) is 4.90 Å². The number of nitrogens with one attached hydrogen (secondary N) is 2. The third-order valence-corrected chi connectivity index (χ3v) is 5.75. The fourth-order valence-corrected chi connectivity index (χ4v) is 3.96. The summed E-state index contributed by atoms with van der Waals surface area (Å²) in [5, 5.41) is 3.11. The Morgan fingerprint density at radius 2 is 1.38 bits per heavy atom. The van der Waals surface area contributed by atoms with Gasteiger partial charge in [0.2, 0.25) is 0 Å². The Hall–Kier alpha value is -3.32. The number of sulfonamides is 1. The largest absolute Gasteiger partial charge is 0.465 e. The van der Waals surface area contributed by atoms with Gasteiger partial charge < -0.3 is 10.1 Å². The van der Waals surface area contributed by atoms with Crippen LogP contribution in [0.25, 0.3) is 0 Å². The molecule has 0 saturated heterocycles. The Morgan fingerprint density at radius 3 is 1.93 bits per heavy atom. The van der Waals surface area contributed by atoms with Crippen LogP contribution in [0.1, 0.15) is 21.5 Å². The smallest absolute Gasteiger partial charge is 0.337 e. The van der Waals surface area contributed by atoms with Gasteiger partial charge in [-0.3, -0.25) is 4.72 Å². The summed E-state index contributed by atoms with van der Waals surface area (Å²) in [5.74, 6) is -0.612. The molecule has 0 aliphatic heterocycles. The molecule has 7 heteroatoms. The predicted octanol–water partition coefficient (Wildman–Crippen LogP) is 4.63. The fraction of sp³-hybridized carbons (Fsp3) is 0.136. The van der Waals surface area contributed by atoms with Gasteiger partial charge in [0, 0.05) is 11.4 Å². The number of hydrogen-bond donors (Lipinski definition) is 2. The van der Waals surface area contributed by atoms with Crippen molar-refractivity contribution in [2.24, 2.45) is 0 Å². The summed E-state index contributed by atoms with van der Waals surface area (Å²) in [4.78, 5) is 11.9.